The van der Waals surface area contributed by atoms with Gasteiger partial charge < -0.3 is 20.6 Å². The number of imide groups is 1. The van der Waals surface area contributed by atoms with Gasteiger partial charge >= 0.3 is 0 Å². The van der Waals surface area contributed by atoms with E-state index < -0.39 is 17.6 Å². The van der Waals surface area contributed by atoms with Crippen LogP contribution in [0.3, 0.4) is 0 Å². The van der Waals surface area contributed by atoms with Gasteiger partial charge in [-0.15, -0.1) is 0 Å². The molecule has 4 N–H and O–H groups in total. The number of aromatic nitrogens is 4. The van der Waals surface area contributed by atoms with Gasteiger partial charge in [-0.1, -0.05) is 0 Å². The van der Waals surface area contributed by atoms with E-state index in [9.17, 15) is 29.5 Å². The molecule has 4 aliphatic rings. The first-order chi connectivity index (χ1) is 29.9. The Labute approximate surface area is 359 Å². The minimum atomic E-state index is -1.24. The molecule has 0 bridgehead atoms. The normalized spacial score (nSPS) is 22.1. The predicted molar refractivity (Wildman–Crippen MR) is 233 cm³/mol. The van der Waals surface area contributed by atoms with Crippen molar-refractivity contribution in [3.8, 4) is 6.07 Å². The fraction of sp³-hybridized carbons (Fsp3) is 0.457. The van der Waals surface area contributed by atoms with Crippen LogP contribution in [0.2, 0.25) is 0 Å². The number of nitrogens with one attached hydrogen (secondary N) is 3. The highest BCUT2D eigenvalue weighted by atomic mass is 16.3. The van der Waals surface area contributed by atoms with Crippen LogP contribution in [-0.2, 0) is 15.2 Å². The molecule has 0 radical (unpaired) electrons. The van der Waals surface area contributed by atoms with Crippen molar-refractivity contribution < 1.29 is 24.3 Å². The number of carbonyl (C=O) groups is 4. The van der Waals surface area contributed by atoms with E-state index in [0.717, 1.165) is 94.4 Å². The second kappa shape index (κ2) is 17.0. The lowest BCUT2D eigenvalue weighted by Gasteiger charge is -2.46. The molecule has 9 rings (SSSR count). The summed E-state index contributed by atoms with van der Waals surface area (Å²) in [6.45, 7) is 9.63. The van der Waals surface area contributed by atoms with Crippen LogP contribution in [-0.4, -0.2) is 115 Å². The third kappa shape index (κ3) is 8.52. The molecule has 1 saturated carbocycles. The van der Waals surface area contributed by atoms with Gasteiger partial charge in [0.2, 0.25) is 11.8 Å². The van der Waals surface area contributed by atoms with Gasteiger partial charge in [-0.25, -0.2) is 4.52 Å². The molecule has 4 amide bonds. The number of rotatable bonds is 9. The lowest BCUT2D eigenvalue weighted by atomic mass is 9.89. The molecule has 4 fully saturated rings. The van der Waals surface area contributed by atoms with Crippen molar-refractivity contribution in [2.45, 2.75) is 95.0 Å². The Bertz CT molecular complexity index is 2550. The first-order valence-corrected chi connectivity index (χ1v) is 21.8. The quantitative estimate of drug-likeness (QED) is 0.154. The SMILES string of the molecule is CC(C)(O)c1cc2nn(C3CCC(N4CCN(C5CCN(c6ccc(C(=O)N[C@H]7CCC(=O)NC7=O)cc6)CC5)CC4)CC3)cc2cc1NC(=O)c1ccc2cc(C#N)cnn12. The summed E-state index contributed by atoms with van der Waals surface area (Å²) in [7, 11) is 0. The Balaban J connectivity index is 0.751. The standard InChI is InChI=1S/C46H53N11O5/c1-46(2,62)37-25-39-31(24-40(37)50-45(61)41-13-11-36-23-29(26-47)27-48-57(36)41)28-56(52-39)35-9-7-33(8-10-35)54-19-21-55(22-20-54)34-15-17-53(18-16-34)32-5-3-30(4-6-32)43(59)49-38-12-14-42(58)51-44(38)60/h3-6,11,13,23-25,27-28,33-35,38,62H,7-10,12,14-22H2,1-2H3,(H,49,59)(H,50,61)(H,51,58,60)/t33?,35?,38-/m0/s1. The van der Waals surface area contributed by atoms with Crippen molar-refractivity contribution in [2.24, 2.45) is 0 Å². The fourth-order valence-corrected chi connectivity index (χ4v) is 9.85. The number of carbonyl (C=O) groups excluding carboxylic acids is 4. The molecule has 1 aliphatic carbocycles. The van der Waals surface area contributed by atoms with Gasteiger partial charge in [0.05, 0.1) is 34.4 Å². The summed E-state index contributed by atoms with van der Waals surface area (Å²) in [6, 6.07) is 19.2. The van der Waals surface area contributed by atoms with Crippen molar-refractivity contribution in [1.29, 1.82) is 5.26 Å². The number of anilines is 2. The van der Waals surface area contributed by atoms with Crippen LogP contribution in [0.25, 0.3) is 16.4 Å². The Morgan fingerprint density at radius 2 is 1.52 bits per heavy atom. The van der Waals surface area contributed by atoms with E-state index in [2.05, 4.69) is 52.7 Å². The van der Waals surface area contributed by atoms with Gasteiger partial charge in [0.1, 0.15) is 17.8 Å². The summed E-state index contributed by atoms with van der Waals surface area (Å²) < 4.78 is 3.58. The van der Waals surface area contributed by atoms with Crippen molar-refractivity contribution in [3.05, 3.63) is 89.4 Å². The summed E-state index contributed by atoms with van der Waals surface area (Å²) in [6.07, 6.45) is 10.5. The van der Waals surface area contributed by atoms with E-state index in [1.54, 1.807) is 44.2 Å². The third-order valence-corrected chi connectivity index (χ3v) is 13.4. The van der Waals surface area contributed by atoms with Crippen LogP contribution in [0.15, 0.2) is 67.0 Å². The molecular weight excluding hydrogens is 787 g/mol. The largest absolute Gasteiger partial charge is 0.386 e. The van der Waals surface area contributed by atoms with Crippen LogP contribution in [0.5, 0.6) is 0 Å². The van der Waals surface area contributed by atoms with Crippen molar-refractivity contribution in [1.82, 2.24) is 39.8 Å². The van der Waals surface area contributed by atoms with Crippen LogP contribution >= 0.6 is 0 Å². The number of piperidine rings is 2. The topological polar surface area (TPSA) is 193 Å². The minimum Gasteiger partial charge on any atom is -0.386 e. The number of fused-ring (bicyclic) bond motifs is 2. The van der Waals surface area contributed by atoms with E-state index >= 15 is 0 Å². The fourth-order valence-electron chi connectivity index (χ4n) is 9.85. The molecule has 16 heteroatoms. The van der Waals surface area contributed by atoms with Crippen LogP contribution in [0.4, 0.5) is 11.4 Å². The predicted octanol–water partition coefficient (Wildman–Crippen LogP) is 4.34. The number of piperazine rings is 1. The molecule has 322 valence electrons. The second-order valence-electron chi connectivity index (χ2n) is 17.8. The van der Waals surface area contributed by atoms with Crippen molar-refractivity contribution >= 4 is 51.4 Å². The van der Waals surface area contributed by atoms with Crippen LogP contribution in [0.1, 0.15) is 103 Å². The highest BCUT2D eigenvalue weighted by Crippen LogP contribution is 2.36. The molecule has 1 atom stereocenters. The molecule has 5 aromatic rings. The number of nitrogens with zero attached hydrogens (tertiary/aromatic N) is 8. The maximum Gasteiger partial charge on any atom is 0.274 e. The number of nitriles is 1. The number of aliphatic hydroxyl groups is 1. The van der Waals surface area contributed by atoms with E-state index in [1.807, 2.05) is 24.3 Å². The highest BCUT2D eigenvalue weighted by Gasteiger charge is 2.33. The number of hydrogen-bond donors (Lipinski definition) is 4. The van der Waals surface area contributed by atoms with Crippen LogP contribution < -0.4 is 20.9 Å². The van der Waals surface area contributed by atoms with Crippen molar-refractivity contribution in [2.75, 3.05) is 49.5 Å². The molecule has 16 nitrogen and oxygen atoms in total. The first-order valence-electron chi connectivity index (χ1n) is 21.8. The van der Waals surface area contributed by atoms with Crippen LogP contribution in [0, 0.1) is 11.3 Å². The molecule has 62 heavy (non-hydrogen) atoms. The van der Waals surface area contributed by atoms with Gasteiger partial charge in [-0.2, -0.15) is 15.5 Å². The lowest BCUT2D eigenvalue weighted by molar-refractivity contribution is -0.134. The first kappa shape index (κ1) is 41.2. The maximum atomic E-state index is 13.5. The van der Waals surface area contributed by atoms with E-state index in [0.29, 0.717) is 52.1 Å². The highest BCUT2D eigenvalue weighted by molar-refractivity contribution is 6.06. The van der Waals surface area contributed by atoms with Gasteiger partial charge in [0.15, 0.2) is 0 Å². The number of benzene rings is 2. The summed E-state index contributed by atoms with van der Waals surface area (Å²) in [5, 5.41) is 38.6. The van der Waals surface area contributed by atoms with Gasteiger partial charge in [0, 0.05) is 91.9 Å². The summed E-state index contributed by atoms with van der Waals surface area (Å²) in [5.74, 6) is -1.45. The van der Waals surface area contributed by atoms with Crippen molar-refractivity contribution in [3.63, 3.8) is 0 Å². The smallest absolute Gasteiger partial charge is 0.274 e. The number of hydrogen-bond acceptors (Lipinski definition) is 11. The van der Waals surface area contributed by atoms with Gasteiger partial charge in [0.25, 0.3) is 11.8 Å². The number of amides is 4. The second-order valence-corrected chi connectivity index (χ2v) is 17.8. The molecular formula is C46H53N11O5. The minimum absolute atomic E-state index is 0.221. The Kier molecular flexibility index (Phi) is 11.3. The average molecular weight is 840 g/mol. The monoisotopic (exact) mass is 839 g/mol. The zero-order valence-corrected chi connectivity index (χ0v) is 35.2. The summed E-state index contributed by atoms with van der Waals surface area (Å²) in [5.41, 5.74) is 3.58. The van der Waals surface area contributed by atoms with Gasteiger partial charge in [-0.3, -0.25) is 39.0 Å². The molecule has 3 aliphatic heterocycles. The average Bonchev–Trinajstić information content (AvgIpc) is 3.91. The third-order valence-electron chi connectivity index (χ3n) is 13.4. The van der Waals surface area contributed by atoms with E-state index in [4.69, 9.17) is 5.10 Å². The zero-order chi connectivity index (χ0) is 43.1. The molecule has 6 heterocycles. The summed E-state index contributed by atoms with van der Waals surface area (Å²) in [4.78, 5) is 57.6. The zero-order valence-electron chi connectivity index (χ0n) is 35.2. The molecule has 2 aromatic carbocycles. The maximum absolute atomic E-state index is 13.5. The Morgan fingerprint density at radius 1 is 0.839 bits per heavy atom. The molecule has 3 saturated heterocycles. The molecule has 0 spiro atoms. The van der Waals surface area contributed by atoms with E-state index in [1.165, 1.54) is 10.7 Å². The van der Waals surface area contributed by atoms with Gasteiger partial charge in [-0.05, 0) is 113 Å². The lowest BCUT2D eigenvalue weighted by Crippen LogP contribution is -2.55. The Morgan fingerprint density at radius 3 is 2.18 bits per heavy atom. The molecule has 0 unspecified atom stereocenters. The Hall–Kier alpha value is -6.15. The summed E-state index contributed by atoms with van der Waals surface area (Å²) >= 11 is 0. The van der Waals surface area contributed by atoms with E-state index in [-0.39, 0.29) is 30.2 Å². The molecule has 3 aromatic heterocycles.